The fourth-order valence-electron chi connectivity index (χ4n) is 2.84. The Morgan fingerprint density at radius 1 is 1.33 bits per heavy atom. The van der Waals surface area contributed by atoms with Crippen LogP contribution in [0.4, 0.5) is 13.2 Å². The average Bonchev–Trinajstić information content (AvgIpc) is 2.64. The summed E-state index contributed by atoms with van der Waals surface area (Å²) in [7, 11) is 1.56. The Kier molecular flexibility index (Phi) is 9.57. The van der Waals surface area contributed by atoms with Gasteiger partial charge in [0.2, 0.25) is 5.88 Å². The lowest BCUT2D eigenvalue weighted by molar-refractivity contribution is -0.181. The monoisotopic (exact) mass is 501 g/mol. The maximum atomic E-state index is 12.9. The summed E-state index contributed by atoms with van der Waals surface area (Å²) in [6.45, 7) is 5.93. The lowest BCUT2D eigenvalue weighted by Gasteiger charge is -2.39. The van der Waals surface area contributed by atoms with Crippen LogP contribution in [-0.4, -0.2) is 72.8 Å². The first-order valence-corrected chi connectivity index (χ1v) is 8.68. The number of piperazine rings is 1. The molecule has 0 amide bonds. The van der Waals surface area contributed by atoms with Crippen molar-refractivity contribution in [1.82, 2.24) is 20.1 Å². The molecular formula is C17H27F3IN5O. The normalized spacial score (nSPS) is 17.3. The Balaban J connectivity index is 0.00000364. The predicted molar refractivity (Wildman–Crippen MR) is 110 cm³/mol. The molecule has 1 aliphatic rings. The van der Waals surface area contributed by atoms with Gasteiger partial charge in [0.25, 0.3) is 0 Å². The van der Waals surface area contributed by atoms with Crippen molar-refractivity contribution in [3.05, 3.63) is 23.9 Å². The summed E-state index contributed by atoms with van der Waals surface area (Å²) in [5, 5.41) is 3.21. The van der Waals surface area contributed by atoms with E-state index >= 15 is 0 Å². The second kappa shape index (κ2) is 10.9. The number of hydrogen-bond donors (Lipinski definition) is 1. The highest BCUT2D eigenvalue weighted by Crippen LogP contribution is 2.25. The molecule has 154 valence electrons. The van der Waals surface area contributed by atoms with Gasteiger partial charge in [-0.2, -0.15) is 13.2 Å². The van der Waals surface area contributed by atoms with Gasteiger partial charge in [0.1, 0.15) is 6.04 Å². The van der Waals surface area contributed by atoms with Crippen molar-refractivity contribution < 1.29 is 17.9 Å². The summed E-state index contributed by atoms with van der Waals surface area (Å²) in [4.78, 5) is 12.2. The van der Waals surface area contributed by atoms with Gasteiger partial charge < -0.3 is 15.0 Å². The number of aromatic nitrogens is 1. The molecule has 1 atom stereocenters. The summed E-state index contributed by atoms with van der Waals surface area (Å²) >= 11 is 0. The van der Waals surface area contributed by atoms with E-state index in [1.807, 2.05) is 24.0 Å². The molecule has 0 bridgehead atoms. The Labute approximate surface area is 175 Å². The molecule has 6 nitrogen and oxygen atoms in total. The van der Waals surface area contributed by atoms with Gasteiger partial charge >= 0.3 is 6.18 Å². The van der Waals surface area contributed by atoms with E-state index in [4.69, 9.17) is 4.74 Å². The second-order valence-corrected chi connectivity index (χ2v) is 6.08. The predicted octanol–water partition coefficient (Wildman–Crippen LogP) is 2.74. The van der Waals surface area contributed by atoms with Crippen LogP contribution in [-0.2, 0) is 6.54 Å². The molecular weight excluding hydrogens is 474 g/mol. The van der Waals surface area contributed by atoms with Gasteiger partial charge in [0.05, 0.1) is 13.7 Å². The number of guanidine groups is 1. The van der Waals surface area contributed by atoms with E-state index in [2.05, 4.69) is 15.3 Å². The first-order valence-electron chi connectivity index (χ1n) is 8.68. The summed E-state index contributed by atoms with van der Waals surface area (Å²) in [5.41, 5.74) is 0.856. The molecule has 0 aromatic carbocycles. The highest BCUT2D eigenvalue weighted by atomic mass is 127. The number of rotatable bonds is 5. The van der Waals surface area contributed by atoms with Crippen LogP contribution in [0.1, 0.15) is 19.4 Å². The molecule has 27 heavy (non-hydrogen) atoms. The molecule has 1 aromatic rings. The summed E-state index contributed by atoms with van der Waals surface area (Å²) in [6, 6.07) is 2.28. The zero-order chi connectivity index (χ0) is 19.2. The smallest absolute Gasteiger partial charge is 0.403 e. The van der Waals surface area contributed by atoms with Crippen molar-refractivity contribution in [1.29, 1.82) is 0 Å². The Morgan fingerprint density at radius 2 is 2.00 bits per heavy atom. The van der Waals surface area contributed by atoms with Crippen molar-refractivity contribution in [2.24, 2.45) is 4.99 Å². The van der Waals surface area contributed by atoms with Crippen molar-refractivity contribution in [3.63, 3.8) is 0 Å². The zero-order valence-electron chi connectivity index (χ0n) is 15.8. The van der Waals surface area contributed by atoms with Crippen LogP contribution in [0, 0.1) is 0 Å². The van der Waals surface area contributed by atoms with Crippen molar-refractivity contribution in [2.75, 3.05) is 39.8 Å². The van der Waals surface area contributed by atoms with Crippen LogP contribution in [0.15, 0.2) is 23.3 Å². The fraction of sp³-hybridized carbons (Fsp3) is 0.647. The fourth-order valence-corrected chi connectivity index (χ4v) is 2.84. The van der Waals surface area contributed by atoms with Crippen molar-refractivity contribution in [2.45, 2.75) is 32.6 Å². The minimum absolute atomic E-state index is 0. The van der Waals surface area contributed by atoms with Crippen LogP contribution in [0.2, 0.25) is 0 Å². The highest BCUT2D eigenvalue weighted by Gasteiger charge is 2.41. The Hall–Kier alpha value is -1.30. The number of methoxy groups -OCH3 is 1. The average molecular weight is 501 g/mol. The van der Waals surface area contributed by atoms with E-state index < -0.39 is 12.2 Å². The lowest BCUT2D eigenvalue weighted by Crippen LogP contribution is -2.56. The summed E-state index contributed by atoms with van der Waals surface area (Å²) in [5.74, 6) is 1.22. The number of alkyl halides is 3. The second-order valence-electron chi connectivity index (χ2n) is 6.08. The van der Waals surface area contributed by atoms with Gasteiger partial charge in [0, 0.05) is 44.5 Å². The van der Waals surface area contributed by atoms with E-state index in [1.165, 1.54) is 11.8 Å². The minimum atomic E-state index is -4.20. The molecule has 1 unspecified atom stereocenters. The van der Waals surface area contributed by atoms with E-state index in [-0.39, 0.29) is 24.0 Å². The quantitative estimate of drug-likeness (QED) is 0.382. The molecule has 1 fully saturated rings. The van der Waals surface area contributed by atoms with E-state index in [0.29, 0.717) is 51.1 Å². The van der Waals surface area contributed by atoms with Crippen LogP contribution in [0.3, 0.4) is 0 Å². The number of pyridine rings is 1. The van der Waals surface area contributed by atoms with Crippen molar-refractivity contribution in [3.8, 4) is 5.88 Å². The third kappa shape index (κ3) is 6.66. The summed E-state index contributed by atoms with van der Waals surface area (Å²) in [6.07, 6.45) is -2.55. The van der Waals surface area contributed by atoms with Crippen LogP contribution in [0.5, 0.6) is 5.88 Å². The van der Waals surface area contributed by atoms with Gasteiger partial charge in [-0.15, -0.1) is 24.0 Å². The SMILES string of the molecule is CCNC(=NCc1cccnc1OC)N1CCN(C(C)C(F)(F)F)CC1.I. The molecule has 1 aliphatic heterocycles. The molecule has 10 heteroatoms. The minimum Gasteiger partial charge on any atom is -0.481 e. The largest absolute Gasteiger partial charge is 0.481 e. The number of nitrogens with one attached hydrogen (secondary N) is 1. The molecule has 2 rings (SSSR count). The van der Waals surface area contributed by atoms with Gasteiger partial charge in [-0.05, 0) is 19.9 Å². The number of aliphatic imine (C=N–C) groups is 1. The molecule has 1 N–H and O–H groups in total. The highest BCUT2D eigenvalue weighted by molar-refractivity contribution is 14.0. The molecule has 1 aromatic heterocycles. The molecule has 0 saturated carbocycles. The maximum absolute atomic E-state index is 12.9. The van der Waals surface area contributed by atoms with E-state index in [0.717, 1.165) is 5.56 Å². The third-order valence-corrected chi connectivity index (χ3v) is 4.41. The van der Waals surface area contributed by atoms with E-state index in [9.17, 15) is 13.2 Å². The molecule has 1 saturated heterocycles. The number of ether oxygens (including phenoxy) is 1. The Bertz CT molecular complexity index is 606. The lowest BCUT2D eigenvalue weighted by atomic mass is 10.2. The van der Waals surface area contributed by atoms with Gasteiger partial charge in [0.15, 0.2) is 5.96 Å². The zero-order valence-corrected chi connectivity index (χ0v) is 18.1. The first-order chi connectivity index (χ1) is 12.4. The number of nitrogens with zero attached hydrogens (tertiary/aromatic N) is 4. The number of hydrogen-bond acceptors (Lipinski definition) is 4. The molecule has 0 radical (unpaired) electrons. The van der Waals surface area contributed by atoms with E-state index in [1.54, 1.807) is 13.3 Å². The maximum Gasteiger partial charge on any atom is 0.403 e. The van der Waals surface area contributed by atoms with Crippen LogP contribution >= 0.6 is 24.0 Å². The topological polar surface area (TPSA) is 53.0 Å². The van der Waals surface area contributed by atoms with Crippen molar-refractivity contribution >= 4 is 29.9 Å². The van der Waals surface area contributed by atoms with Gasteiger partial charge in [-0.25, -0.2) is 9.98 Å². The van der Waals surface area contributed by atoms with Crippen LogP contribution < -0.4 is 10.1 Å². The van der Waals surface area contributed by atoms with Gasteiger partial charge in [-0.3, -0.25) is 4.90 Å². The molecule has 0 aliphatic carbocycles. The first kappa shape index (κ1) is 23.7. The van der Waals surface area contributed by atoms with Crippen LogP contribution in [0.25, 0.3) is 0 Å². The van der Waals surface area contributed by atoms with Gasteiger partial charge in [-0.1, -0.05) is 6.07 Å². The molecule has 0 spiro atoms. The summed E-state index contributed by atoms with van der Waals surface area (Å²) < 4.78 is 43.9. The number of halogens is 4. The molecule has 2 heterocycles. The Morgan fingerprint density at radius 3 is 2.56 bits per heavy atom. The standard InChI is InChI=1S/C17H26F3N5O.HI/c1-4-21-16(23-12-14-6-5-7-22-15(14)26-3)25-10-8-24(9-11-25)13(2)17(18,19)20;/h5-7,13H,4,8-12H2,1-3H3,(H,21,23);1H. The third-order valence-electron chi connectivity index (χ3n) is 4.41.